The fraction of sp³-hybridized carbons (Fsp3) is 0.833. The molecule has 0 aliphatic heterocycles. The lowest BCUT2D eigenvalue weighted by molar-refractivity contribution is -0.140. The molecule has 5 nitrogen and oxygen atoms in total. The standard InChI is InChI=1S/C12H25N3O2S/c1-5-7-15(9-11(16)14(2)3)12(17)10(13)6-8-18-4/h10H,5-9,13H2,1-4H3/t10-/m1/s1. The zero-order chi connectivity index (χ0) is 14.1. The lowest BCUT2D eigenvalue weighted by Gasteiger charge is -2.26. The lowest BCUT2D eigenvalue weighted by atomic mass is 10.2. The summed E-state index contributed by atoms with van der Waals surface area (Å²) in [4.78, 5) is 26.8. The SMILES string of the molecule is CCCN(CC(=O)N(C)C)C(=O)[C@H](N)CCSC. The number of carbonyl (C=O) groups excluding carboxylic acids is 2. The maximum atomic E-state index is 12.1. The van der Waals surface area contributed by atoms with Gasteiger partial charge < -0.3 is 15.5 Å². The van der Waals surface area contributed by atoms with Gasteiger partial charge in [0, 0.05) is 20.6 Å². The molecule has 0 spiro atoms. The van der Waals surface area contributed by atoms with Crippen molar-refractivity contribution in [2.24, 2.45) is 5.73 Å². The predicted octanol–water partition coefficient (Wildman–Crippen LogP) is 0.394. The first-order valence-electron chi connectivity index (χ1n) is 6.17. The summed E-state index contributed by atoms with van der Waals surface area (Å²) in [5, 5.41) is 0. The molecule has 0 aromatic carbocycles. The Morgan fingerprint density at radius 1 is 1.33 bits per heavy atom. The molecule has 0 aliphatic rings. The summed E-state index contributed by atoms with van der Waals surface area (Å²) in [6.45, 7) is 2.67. The van der Waals surface area contributed by atoms with Gasteiger partial charge in [-0.15, -0.1) is 0 Å². The Morgan fingerprint density at radius 2 is 1.94 bits per heavy atom. The van der Waals surface area contributed by atoms with Crippen molar-refractivity contribution >= 4 is 23.6 Å². The van der Waals surface area contributed by atoms with E-state index in [0.717, 1.165) is 12.2 Å². The zero-order valence-electron chi connectivity index (χ0n) is 11.8. The van der Waals surface area contributed by atoms with Gasteiger partial charge in [0.05, 0.1) is 12.6 Å². The van der Waals surface area contributed by atoms with Crippen LogP contribution < -0.4 is 5.73 Å². The molecule has 0 bridgehead atoms. The summed E-state index contributed by atoms with van der Waals surface area (Å²) in [6, 6.07) is -0.501. The molecule has 0 aromatic rings. The molecule has 0 radical (unpaired) electrons. The summed E-state index contributed by atoms with van der Waals surface area (Å²) in [5.41, 5.74) is 5.86. The van der Waals surface area contributed by atoms with Crippen molar-refractivity contribution in [2.75, 3.05) is 39.2 Å². The van der Waals surface area contributed by atoms with Gasteiger partial charge in [-0.1, -0.05) is 6.92 Å². The highest BCUT2D eigenvalue weighted by atomic mass is 32.2. The maximum Gasteiger partial charge on any atom is 0.241 e. The second-order valence-corrected chi connectivity index (χ2v) is 5.42. The molecule has 0 rings (SSSR count). The van der Waals surface area contributed by atoms with E-state index in [2.05, 4.69) is 0 Å². The van der Waals surface area contributed by atoms with Gasteiger partial charge in [0.25, 0.3) is 0 Å². The third-order valence-corrected chi connectivity index (χ3v) is 3.22. The molecule has 6 heteroatoms. The Hall–Kier alpha value is -0.750. The number of hydrogen-bond donors (Lipinski definition) is 1. The number of amides is 2. The average molecular weight is 275 g/mol. The molecule has 0 fully saturated rings. The Bertz CT molecular complexity index is 272. The van der Waals surface area contributed by atoms with Crippen LogP contribution in [0.15, 0.2) is 0 Å². The Balaban J connectivity index is 4.47. The fourth-order valence-corrected chi connectivity index (χ4v) is 1.93. The molecule has 0 aliphatic carbocycles. The van der Waals surface area contributed by atoms with Crippen LogP contribution in [0.5, 0.6) is 0 Å². The van der Waals surface area contributed by atoms with Gasteiger partial charge in [0.1, 0.15) is 0 Å². The Morgan fingerprint density at radius 3 is 2.39 bits per heavy atom. The minimum absolute atomic E-state index is 0.0751. The summed E-state index contributed by atoms with van der Waals surface area (Å²) in [5.74, 6) is 0.657. The van der Waals surface area contributed by atoms with Gasteiger partial charge in [-0.3, -0.25) is 9.59 Å². The molecular weight excluding hydrogens is 250 g/mol. The van der Waals surface area contributed by atoms with Crippen LogP contribution >= 0.6 is 11.8 Å². The van der Waals surface area contributed by atoms with Gasteiger partial charge in [-0.25, -0.2) is 0 Å². The van der Waals surface area contributed by atoms with Crippen LogP contribution in [0.3, 0.4) is 0 Å². The lowest BCUT2D eigenvalue weighted by Crippen LogP contribution is -2.48. The maximum absolute atomic E-state index is 12.1. The van der Waals surface area contributed by atoms with E-state index in [1.807, 2.05) is 13.2 Å². The number of likely N-dealkylation sites (N-methyl/N-ethyl adjacent to an activating group) is 1. The van der Waals surface area contributed by atoms with Crippen molar-refractivity contribution in [3.05, 3.63) is 0 Å². The zero-order valence-corrected chi connectivity index (χ0v) is 12.6. The molecule has 0 aromatic heterocycles. The highest BCUT2D eigenvalue weighted by Gasteiger charge is 2.22. The largest absolute Gasteiger partial charge is 0.347 e. The average Bonchev–Trinajstić information content (AvgIpc) is 2.34. The number of nitrogens with two attached hydrogens (primary N) is 1. The molecule has 0 unspecified atom stereocenters. The van der Waals surface area contributed by atoms with E-state index >= 15 is 0 Å². The Kier molecular flexibility index (Phi) is 8.83. The van der Waals surface area contributed by atoms with Crippen LogP contribution in [0.25, 0.3) is 0 Å². The second-order valence-electron chi connectivity index (χ2n) is 4.44. The van der Waals surface area contributed by atoms with Gasteiger partial charge in [0.2, 0.25) is 11.8 Å². The quantitative estimate of drug-likeness (QED) is 0.696. The first-order chi connectivity index (χ1) is 8.43. The van der Waals surface area contributed by atoms with Gasteiger partial charge >= 0.3 is 0 Å². The van der Waals surface area contributed by atoms with E-state index in [9.17, 15) is 9.59 Å². The van der Waals surface area contributed by atoms with E-state index in [1.54, 1.807) is 30.8 Å². The molecule has 18 heavy (non-hydrogen) atoms. The van der Waals surface area contributed by atoms with Crippen LogP contribution in [0, 0.1) is 0 Å². The Labute approximate surface area is 114 Å². The van der Waals surface area contributed by atoms with Crippen LogP contribution in [-0.4, -0.2) is 66.8 Å². The minimum atomic E-state index is -0.501. The van der Waals surface area contributed by atoms with Crippen molar-refractivity contribution in [3.63, 3.8) is 0 Å². The monoisotopic (exact) mass is 275 g/mol. The summed E-state index contributed by atoms with van der Waals surface area (Å²) >= 11 is 1.67. The first kappa shape index (κ1) is 17.2. The van der Waals surface area contributed by atoms with Gasteiger partial charge in [0.15, 0.2) is 0 Å². The van der Waals surface area contributed by atoms with Gasteiger partial charge in [-0.2, -0.15) is 11.8 Å². The number of nitrogens with zero attached hydrogens (tertiary/aromatic N) is 2. The van der Waals surface area contributed by atoms with Crippen molar-refractivity contribution in [1.82, 2.24) is 9.80 Å². The second kappa shape index (κ2) is 9.22. The summed E-state index contributed by atoms with van der Waals surface area (Å²) in [6.07, 6.45) is 3.45. The van der Waals surface area contributed by atoms with Crippen LogP contribution in [0.4, 0.5) is 0 Å². The van der Waals surface area contributed by atoms with Crippen LogP contribution in [-0.2, 0) is 9.59 Å². The highest BCUT2D eigenvalue weighted by Crippen LogP contribution is 2.04. The predicted molar refractivity (Wildman–Crippen MR) is 76.5 cm³/mol. The van der Waals surface area contributed by atoms with E-state index in [-0.39, 0.29) is 18.4 Å². The molecule has 2 amide bonds. The number of rotatable bonds is 8. The normalized spacial score (nSPS) is 12.1. The molecule has 106 valence electrons. The van der Waals surface area contributed by atoms with E-state index < -0.39 is 6.04 Å². The van der Waals surface area contributed by atoms with Crippen LogP contribution in [0.2, 0.25) is 0 Å². The number of hydrogen-bond acceptors (Lipinski definition) is 4. The van der Waals surface area contributed by atoms with E-state index in [4.69, 9.17) is 5.73 Å². The third-order valence-electron chi connectivity index (χ3n) is 2.58. The summed E-state index contributed by atoms with van der Waals surface area (Å²) in [7, 11) is 3.37. The smallest absolute Gasteiger partial charge is 0.241 e. The first-order valence-corrected chi connectivity index (χ1v) is 7.56. The van der Waals surface area contributed by atoms with E-state index in [0.29, 0.717) is 13.0 Å². The topological polar surface area (TPSA) is 66.6 Å². The van der Waals surface area contributed by atoms with E-state index in [1.165, 1.54) is 4.90 Å². The van der Waals surface area contributed by atoms with Crippen molar-refractivity contribution in [3.8, 4) is 0 Å². The molecule has 1 atom stereocenters. The van der Waals surface area contributed by atoms with Gasteiger partial charge in [-0.05, 0) is 24.9 Å². The summed E-state index contributed by atoms with van der Waals surface area (Å²) < 4.78 is 0. The molecule has 0 saturated heterocycles. The number of thioether (sulfide) groups is 1. The number of carbonyl (C=O) groups is 2. The van der Waals surface area contributed by atoms with Crippen molar-refractivity contribution < 1.29 is 9.59 Å². The minimum Gasteiger partial charge on any atom is -0.347 e. The van der Waals surface area contributed by atoms with Crippen molar-refractivity contribution in [1.29, 1.82) is 0 Å². The third kappa shape index (κ3) is 6.26. The van der Waals surface area contributed by atoms with Crippen molar-refractivity contribution in [2.45, 2.75) is 25.8 Å². The molecular formula is C12H25N3O2S. The molecule has 2 N–H and O–H groups in total. The molecule has 0 saturated carbocycles. The fourth-order valence-electron chi connectivity index (χ4n) is 1.44. The molecule has 0 heterocycles. The highest BCUT2D eigenvalue weighted by molar-refractivity contribution is 7.98. The van der Waals surface area contributed by atoms with Crippen LogP contribution in [0.1, 0.15) is 19.8 Å².